The number of nitrogens with one attached hydrogen (secondary N) is 2. The van der Waals surface area contributed by atoms with E-state index in [1.165, 1.54) is 5.56 Å². The maximum Gasteiger partial charge on any atom is 0.322 e. The molecule has 0 unspecified atom stereocenters. The van der Waals surface area contributed by atoms with E-state index in [9.17, 15) is 4.79 Å². The molecule has 178 valence electrons. The van der Waals surface area contributed by atoms with Crippen LogP contribution in [0.1, 0.15) is 35.4 Å². The van der Waals surface area contributed by atoms with Gasteiger partial charge in [-0.2, -0.15) is 5.10 Å². The number of H-pyrrole nitrogens is 1. The van der Waals surface area contributed by atoms with Crippen LogP contribution in [0.5, 0.6) is 0 Å². The predicted molar refractivity (Wildman–Crippen MR) is 136 cm³/mol. The van der Waals surface area contributed by atoms with Crippen LogP contribution in [0.25, 0.3) is 22.2 Å². The molecule has 2 amide bonds. The van der Waals surface area contributed by atoms with Crippen LogP contribution >= 0.6 is 0 Å². The summed E-state index contributed by atoms with van der Waals surface area (Å²) in [6.07, 6.45) is 5.86. The van der Waals surface area contributed by atoms with E-state index in [2.05, 4.69) is 48.6 Å². The number of amides is 2. The number of rotatable bonds is 4. The molecule has 0 radical (unpaired) electrons. The molecule has 4 aromatic rings. The third-order valence-corrected chi connectivity index (χ3v) is 7.10. The Balaban J connectivity index is 1.24. The lowest BCUT2D eigenvalue weighted by Crippen LogP contribution is -2.52. The van der Waals surface area contributed by atoms with Crippen LogP contribution in [-0.2, 0) is 13.1 Å². The molecule has 2 N–H and O–H groups in total. The summed E-state index contributed by atoms with van der Waals surface area (Å²) in [6.45, 7) is 7.36. The van der Waals surface area contributed by atoms with Crippen molar-refractivity contribution in [1.29, 1.82) is 0 Å². The fraction of sp³-hybridized carbons (Fsp3) is 0.333. The van der Waals surface area contributed by atoms with Crippen molar-refractivity contribution in [2.75, 3.05) is 18.4 Å². The molecule has 8 nitrogen and oxygen atoms in total. The van der Waals surface area contributed by atoms with Gasteiger partial charge in [-0.15, -0.1) is 0 Å². The van der Waals surface area contributed by atoms with Crippen LogP contribution < -0.4 is 5.32 Å². The SMILES string of the molecule is Cc1ccc(CN2CCC[C@@H](N3Cc4cc5c(-c6ccnc(C)c6)n[nH]c5cc4NC3=O)C2)cn1. The summed E-state index contributed by atoms with van der Waals surface area (Å²) in [7, 11) is 0. The Morgan fingerprint density at radius 1 is 1.09 bits per heavy atom. The summed E-state index contributed by atoms with van der Waals surface area (Å²) in [4.78, 5) is 26.3. The first-order valence-corrected chi connectivity index (χ1v) is 12.2. The monoisotopic (exact) mass is 467 g/mol. The molecule has 1 fully saturated rings. The highest BCUT2D eigenvalue weighted by atomic mass is 16.2. The van der Waals surface area contributed by atoms with Crippen LogP contribution in [0.15, 0.2) is 48.8 Å². The molecule has 6 rings (SSSR count). The van der Waals surface area contributed by atoms with E-state index in [1.54, 1.807) is 0 Å². The van der Waals surface area contributed by atoms with Crippen molar-refractivity contribution < 1.29 is 4.79 Å². The normalized spacial score (nSPS) is 18.5. The number of pyridine rings is 2. The number of urea groups is 1. The minimum Gasteiger partial charge on any atom is -0.316 e. The molecule has 0 aliphatic carbocycles. The van der Waals surface area contributed by atoms with Crippen molar-refractivity contribution in [3.63, 3.8) is 0 Å². The zero-order valence-corrected chi connectivity index (χ0v) is 20.1. The average molecular weight is 468 g/mol. The zero-order chi connectivity index (χ0) is 23.9. The standard InChI is InChI=1S/C27H29N7O/c1-17-5-6-19(13-29-17)14-33-9-3-4-22(16-33)34-15-21-11-23-25(12-24(21)30-27(34)35)31-32-26(23)20-7-8-28-18(2)10-20/h5-8,10-13,22H,3-4,9,14-16H2,1-2H3,(H,30,35)(H,31,32)/t22-/m1/s1. The third kappa shape index (κ3) is 4.25. The lowest BCUT2D eigenvalue weighted by Gasteiger charge is -2.41. The van der Waals surface area contributed by atoms with Gasteiger partial charge in [-0.25, -0.2) is 4.79 Å². The Bertz CT molecular complexity index is 1390. The Kier molecular flexibility index (Phi) is 5.45. The van der Waals surface area contributed by atoms with Crippen molar-refractivity contribution in [1.82, 2.24) is 30.0 Å². The number of anilines is 1. The van der Waals surface area contributed by atoms with E-state index >= 15 is 0 Å². The van der Waals surface area contributed by atoms with E-state index in [1.807, 2.05) is 49.3 Å². The van der Waals surface area contributed by atoms with Crippen molar-refractivity contribution in [3.05, 3.63) is 71.3 Å². The molecular formula is C27H29N7O. The number of hydrogen-bond acceptors (Lipinski definition) is 5. The van der Waals surface area contributed by atoms with Gasteiger partial charge in [-0.1, -0.05) is 6.07 Å². The minimum absolute atomic E-state index is 0.0230. The maximum absolute atomic E-state index is 13.1. The highest BCUT2D eigenvalue weighted by Crippen LogP contribution is 2.34. The fourth-order valence-electron chi connectivity index (χ4n) is 5.29. The van der Waals surface area contributed by atoms with Gasteiger partial charge in [0.1, 0.15) is 5.69 Å². The molecule has 0 bridgehead atoms. The number of piperidine rings is 1. The smallest absolute Gasteiger partial charge is 0.316 e. The molecule has 0 spiro atoms. The molecule has 5 heterocycles. The number of carbonyl (C=O) groups excluding carboxylic acids is 1. The number of nitrogens with zero attached hydrogens (tertiary/aromatic N) is 5. The molecule has 35 heavy (non-hydrogen) atoms. The maximum atomic E-state index is 13.1. The number of likely N-dealkylation sites (tertiary alicyclic amines) is 1. The highest BCUT2D eigenvalue weighted by Gasteiger charge is 2.32. The Hall–Kier alpha value is -3.78. The van der Waals surface area contributed by atoms with E-state index in [0.29, 0.717) is 6.54 Å². The summed E-state index contributed by atoms with van der Waals surface area (Å²) >= 11 is 0. The van der Waals surface area contributed by atoms with Crippen LogP contribution in [0.4, 0.5) is 10.5 Å². The zero-order valence-electron chi connectivity index (χ0n) is 20.1. The number of aromatic nitrogens is 4. The molecule has 1 aromatic carbocycles. The molecule has 0 saturated carbocycles. The van der Waals surface area contributed by atoms with Crippen molar-refractivity contribution in [2.24, 2.45) is 0 Å². The number of hydrogen-bond donors (Lipinski definition) is 2. The fourth-order valence-corrected chi connectivity index (χ4v) is 5.29. The summed E-state index contributed by atoms with van der Waals surface area (Å²) in [6, 6.07) is 12.6. The molecule has 1 atom stereocenters. The van der Waals surface area contributed by atoms with Gasteiger partial charge in [0.25, 0.3) is 0 Å². The van der Waals surface area contributed by atoms with Crippen molar-refractivity contribution in [2.45, 2.75) is 45.8 Å². The van der Waals surface area contributed by atoms with Crippen LogP contribution in [0.2, 0.25) is 0 Å². The third-order valence-electron chi connectivity index (χ3n) is 7.10. The first-order chi connectivity index (χ1) is 17.0. The van der Waals surface area contributed by atoms with Crippen molar-refractivity contribution >= 4 is 22.6 Å². The molecule has 3 aromatic heterocycles. The van der Waals surface area contributed by atoms with Crippen LogP contribution in [0, 0.1) is 13.8 Å². The van der Waals surface area contributed by atoms with Gasteiger partial charge in [0.2, 0.25) is 0 Å². The summed E-state index contributed by atoms with van der Waals surface area (Å²) in [5.41, 5.74) is 8.04. The Morgan fingerprint density at radius 2 is 2.00 bits per heavy atom. The lowest BCUT2D eigenvalue weighted by molar-refractivity contribution is 0.108. The predicted octanol–water partition coefficient (Wildman–Crippen LogP) is 4.65. The average Bonchev–Trinajstić information content (AvgIpc) is 3.26. The topological polar surface area (TPSA) is 90.0 Å². The Morgan fingerprint density at radius 3 is 2.83 bits per heavy atom. The second kappa shape index (κ2) is 8.78. The number of fused-ring (bicyclic) bond motifs is 2. The molecule has 2 aliphatic rings. The first-order valence-electron chi connectivity index (χ1n) is 12.2. The number of aryl methyl sites for hydroxylation is 2. The Labute approximate surface area is 204 Å². The van der Waals surface area contributed by atoms with E-state index in [-0.39, 0.29) is 12.1 Å². The van der Waals surface area contributed by atoms with Gasteiger partial charge in [-0.3, -0.25) is 20.0 Å². The van der Waals surface area contributed by atoms with Crippen molar-refractivity contribution in [3.8, 4) is 11.3 Å². The van der Waals surface area contributed by atoms with E-state index in [4.69, 9.17) is 0 Å². The van der Waals surface area contributed by atoms with Gasteiger partial charge in [-0.05, 0) is 74.7 Å². The van der Waals surface area contributed by atoms with Crippen LogP contribution in [0.3, 0.4) is 0 Å². The summed E-state index contributed by atoms with van der Waals surface area (Å²) in [5.74, 6) is 0. The minimum atomic E-state index is -0.0230. The quantitative estimate of drug-likeness (QED) is 0.456. The number of aromatic amines is 1. The molecule has 2 aliphatic heterocycles. The largest absolute Gasteiger partial charge is 0.322 e. The van der Waals surface area contributed by atoms with Gasteiger partial charge in [0, 0.05) is 66.1 Å². The molecule has 8 heteroatoms. The first kappa shape index (κ1) is 21.7. The van der Waals surface area contributed by atoms with Crippen LogP contribution in [-0.4, -0.2) is 55.1 Å². The number of benzene rings is 1. The molecule has 1 saturated heterocycles. The van der Waals surface area contributed by atoms with Gasteiger partial charge in [0.05, 0.1) is 5.52 Å². The van der Waals surface area contributed by atoms with Gasteiger partial charge >= 0.3 is 6.03 Å². The van der Waals surface area contributed by atoms with E-state index in [0.717, 1.165) is 77.3 Å². The summed E-state index contributed by atoms with van der Waals surface area (Å²) in [5, 5.41) is 11.9. The highest BCUT2D eigenvalue weighted by molar-refractivity contribution is 6.00. The van der Waals surface area contributed by atoms with Gasteiger partial charge < -0.3 is 10.2 Å². The second-order valence-corrected chi connectivity index (χ2v) is 9.71. The van der Waals surface area contributed by atoms with E-state index < -0.39 is 0 Å². The second-order valence-electron chi connectivity index (χ2n) is 9.71. The lowest BCUT2D eigenvalue weighted by atomic mass is 9.99. The van der Waals surface area contributed by atoms with Gasteiger partial charge in [0.15, 0.2) is 0 Å². The summed E-state index contributed by atoms with van der Waals surface area (Å²) < 4.78 is 0. The number of carbonyl (C=O) groups is 1. The molecular weight excluding hydrogens is 438 g/mol.